The van der Waals surface area contributed by atoms with Gasteiger partial charge in [0.05, 0.1) is 17.6 Å². The summed E-state index contributed by atoms with van der Waals surface area (Å²) in [7, 11) is 0. The van der Waals surface area contributed by atoms with Gasteiger partial charge in [0.25, 0.3) is 5.69 Å². The lowest BCUT2D eigenvalue weighted by Crippen LogP contribution is -2.39. The molecule has 1 atom stereocenters. The third-order valence-corrected chi connectivity index (χ3v) is 2.36. The van der Waals surface area contributed by atoms with Gasteiger partial charge in [-0.3, -0.25) is 10.1 Å². The first-order chi connectivity index (χ1) is 8.56. The Balaban J connectivity index is 2.64. The van der Waals surface area contributed by atoms with Crippen LogP contribution in [0, 0.1) is 10.1 Å². The van der Waals surface area contributed by atoms with Gasteiger partial charge in [-0.15, -0.1) is 0 Å². The molecule has 0 saturated heterocycles. The monoisotopic (exact) mass is 253 g/mol. The lowest BCUT2D eigenvalue weighted by molar-refractivity contribution is -0.384. The number of nitrogens with zero attached hydrogens (tertiary/aromatic N) is 1. The van der Waals surface area contributed by atoms with Crippen LogP contribution in [-0.2, 0) is 0 Å². The number of carbonyl (C=O) groups excluding carboxylic acids is 1. The van der Waals surface area contributed by atoms with Crippen LogP contribution in [0.1, 0.15) is 13.3 Å². The van der Waals surface area contributed by atoms with Gasteiger partial charge >= 0.3 is 6.03 Å². The van der Waals surface area contributed by atoms with E-state index in [4.69, 9.17) is 5.11 Å². The molecular formula is C11H15N3O4. The van der Waals surface area contributed by atoms with Crippen LogP contribution in [0.25, 0.3) is 0 Å². The summed E-state index contributed by atoms with van der Waals surface area (Å²) in [6, 6.07) is 4.80. The molecular weight excluding hydrogens is 238 g/mol. The van der Waals surface area contributed by atoms with Crippen molar-refractivity contribution in [3.8, 4) is 0 Å². The van der Waals surface area contributed by atoms with E-state index >= 15 is 0 Å². The Morgan fingerprint density at radius 3 is 2.83 bits per heavy atom. The molecule has 0 aromatic heterocycles. The molecule has 0 radical (unpaired) electrons. The van der Waals surface area contributed by atoms with E-state index in [1.165, 1.54) is 18.2 Å². The summed E-state index contributed by atoms with van der Waals surface area (Å²) in [6.45, 7) is 1.67. The van der Waals surface area contributed by atoms with Crippen LogP contribution in [0.3, 0.4) is 0 Å². The van der Waals surface area contributed by atoms with E-state index < -0.39 is 11.0 Å². The van der Waals surface area contributed by atoms with Gasteiger partial charge in [-0.05, 0) is 12.5 Å². The van der Waals surface area contributed by atoms with Gasteiger partial charge in [0.1, 0.15) is 0 Å². The zero-order chi connectivity index (χ0) is 13.5. The summed E-state index contributed by atoms with van der Waals surface area (Å²) in [6.07, 6.45) is 0.596. The molecule has 0 bridgehead atoms. The molecule has 0 saturated carbocycles. The first-order valence-electron chi connectivity index (χ1n) is 5.49. The lowest BCUT2D eigenvalue weighted by Gasteiger charge is -2.14. The number of benzene rings is 1. The maximum Gasteiger partial charge on any atom is 0.319 e. The van der Waals surface area contributed by atoms with Gasteiger partial charge in [-0.1, -0.05) is 13.0 Å². The molecule has 0 fully saturated rings. The molecule has 1 aromatic carbocycles. The van der Waals surface area contributed by atoms with Crippen molar-refractivity contribution in [1.82, 2.24) is 5.32 Å². The smallest absolute Gasteiger partial charge is 0.319 e. The summed E-state index contributed by atoms with van der Waals surface area (Å²) in [5.41, 5.74) is 0.233. The Hall–Kier alpha value is -2.15. The fraction of sp³-hybridized carbons (Fsp3) is 0.364. The van der Waals surface area contributed by atoms with Crippen LogP contribution in [0.4, 0.5) is 16.2 Å². The number of nitro groups is 1. The lowest BCUT2D eigenvalue weighted by atomic mass is 10.2. The maximum absolute atomic E-state index is 11.5. The molecule has 7 nitrogen and oxygen atoms in total. The van der Waals surface area contributed by atoms with E-state index in [9.17, 15) is 14.9 Å². The predicted octanol–water partition coefficient (Wildman–Crippen LogP) is 1.49. The van der Waals surface area contributed by atoms with E-state index in [0.717, 1.165) is 0 Å². The molecule has 0 spiro atoms. The summed E-state index contributed by atoms with van der Waals surface area (Å²) >= 11 is 0. The van der Waals surface area contributed by atoms with Crippen LogP contribution < -0.4 is 10.6 Å². The van der Waals surface area contributed by atoms with E-state index in [1.54, 1.807) is 6.07 Å². The first kappa shape index (κ1) is 13.9. The van der Waals surface area contributed by atoms with E-state index in [-0.39, 0.29) is 18.3 Å². The third kappa shape index (κ3) is 4.02. The number of aliphatic hydroxyl groups excluding tert-OH is 1. The van der Waals surface area contributed by atoms with Gasteiger partial charge in [0, 0.05) is 17.8 Å². The third-order valence-electron chi connectivity index (χ3n) is 2.36. The summed E-state index contributed by atoms with van der Waals surface area (Å²) < 4.78 is 0. The highest BCUT2D eigenvalue weighted by Gasteiger charge is 2.11. The minimum absolute atomic E-state index is 0.0954. The van der Waals surface area contributed by atoms with Gasteiger partial charge in [0.15, 0.2) is 0 Å². The van der Waals surface area contributed by atoms with Crippen molar-refractivity contribution >= 4 is 17.4 Å². The Kier molecular flexibility index (Phi) is 5.06. The average molecular weight is 253 g/mol. The van der Waals surface area contributed by atoms with E-state index in [0.29, 0.717) is 12.1 Å². The number of amides is 2. The highest BCUT2D eigenvalue weighted by Crippen LogP contribution is 2.16. The Labute approximate surface area is 104 Å². The number of nitro benzene ring substituents is 1. The number of hydrogen-bond acceptors (Lipinski definition) is 4. The molecule has 0 aliphatic heterocycles. The first-order valence-corrected chi connectivity index (χ1v) is 5.49. The highest BCUT2D eigenvalue weighted by atomic mass is 16.6. The van der Waals surface area contributed by atoms with Crippen molar-refractivity contribution in [3.05, 3.63) is 34.4 Å². The molecule has 98 valence electrons. The summed E-state index contributed by atoms with van der Waals surface area (Å²) in [5, 5.41) is 24.5. The molecule has 18 heavy (non-hydrogen) atoms. The van der Waals surface area contributed by atoms with Crippen molar-refractivity contribution in [2.24, 2.45) is 0 Å². The Bertz CT molecular complexity index is 432. The van der Waals surface area contributed by atoms with Gasteiger partial charge in [-0.25, -0.2) is 4.79 Å². The van der Waals surface area contributed by atoms with Crippen molar-refractivity contribution in [3.63, 3.8) is 0 Å². The molecule has 1 aromatic rings. The van der Waals surface area contributed by atoms with Crippen LogP contribution in [0.15, 0.2) is 24.3 Å². The van der Waals surface area contributed by atoms with Crippen LogP contribution >= 0.6 is 0 Å². The fourth-order valence-corrected chi connectivity index (χ4v) is 1.33. The maximum atomic E-state index is 11.5. The van der Waals surface area contributed by atoms with Crippen LogP contribution in [0.2, 0.25) is 0 Å². The second-order valence-electron chi connectivity index (χ2n) is 3.69. The number of anilines is 1. The van der Waals surface area contributed by atoms with Crippen molar-refractivity contribution in [2.75, 3.05) is 11.9 Å². The number of non-ortho nitro benzene ring substituents is 1. The number of nitrogens with one attached hydrogen (secondary N) is 2. The molecule has 3 N–H and O–H groups in total. The second kappa shape index (κ2) is 6.55. The standard InChI is InChI=1S/C11H15N3O4/c1-2-8(7-15)12-11(16)13-9-4-3-5-10(6-9)14(17)18/h3-6,8,15H,2,7H2,1H3,(H2,12,13,16). The SMILES string of the molecule is CCC(CO)NC(=O)Nc1cccc([N+](=O)[O-])c1. The minimum Gasteiger partial charge on any atom is -0.394 e. The fourth-order valence-electron chi connectivity index (χ4n) is 1.33. The van der Waals surface area contributed by atoms with Crippen LogP contribution in [0.5, 0.6) is 0 Å². The molecule has 1 rings (SSSR count). The minimum atomic E-state index is -0.536. The zero-order valence-electron chi connectivity index (χ0n) is 9.92. The highest BCUT2D eigenvalue weighted by molar-refractivity contribution is 5.89. The van der Waals surface area contributed by atoms with Crippen molar-refractivity contribution < 1.29 is 14.8 Å². The van der Waals surface area contributed by atoms with Gasteiger partial charge in [-0.2, -0.15) is 0 Å². The molecule has 2 amide bonds. The number of carbonyl (C=O) groups is 1. The predicted molar refractivity (Wildman–Crippen MR) is 66.4 cm³/mol. The zero-order valence-corrected chi connectivity index (χ0v) is 9.92. The van der Waals surface area contributed by atoms with E-state index in [1.807, 2.05) is 6.92 Å². The largest absolute Gasteiger partial charge is 0.394 e. The number of hydrogen-bond donors (Lipinski definition) is 3. The Morgan fingerprint density at radius 2 is 2.28 bits per heavy atom. The summed E-state index contributed by atoms with van der Waals surface area (Å²) in [4.78, 5) is 21.5. The summed E-state index contributed by atoms with van der Waals surface area (Å²) in [5.74, 6) is 0. The number of rotatable bonds is 5. The molecule has 7 heteroatoms. The van der Waals surface area contributed by atoms with Gasteiger partial charge in [0.2, 0.25) is 0 Å². The van der Waals surface area contributed by atoms with E-state index in [2.05, 4.69) is 10.6 Å². The second-order valence-corrected chi connectivity index (χ2v) is 3.69. The average Bonchev–Trinajstić information content (AvgIpc) is 2.36. The topological polar surface area (TPSA) is 104 Å². The normalized spacial score (nSPS) is 11.7. The molecule has 0 aliphatic rings. The molecule has 0 aliphatic carbocycles. The number of urea groups is 1. The van der Waals surface area contributed by atoms with Gasteiger partial charge < -0.3 is 15.7 Å². The van der Waals surface area contributed by atoms with Crippen LogP contribution in [-0.4, -0.2) is 28.7 Å². The van der Waals surface area contributed by atoms with Crippen molar-refractivity contribution in [2.45, 2.75) is 19.4 Å². The Morgan fingerprint density at radius 1 is 1.56 bits per heavy atom. The molecule has 0 heterocycles. The number of aliphatic hydroxyl groups is 1. The van der Waals surface area contributed by atoms with Crippen molar-refractivity contribution in [1.29, 1.82) is 0 Å². The molecule has 1 unspecified atom stereocenters. The quantitative estimate of drug-likeness (QED) is 0.546.